The van der Waals surface area contributed by atoms with Crippen molar-refractivity contribution in [3.05, 3.63) is 0 Å². The minimum absolute atomic E-state index is 0. The molecule has 0 N–H and O–H groups in total. The van der Waals surface area contributed by atoms with Crippen LogP contribution in [0.15, 0.2) is 0 Å². The van der Waals surface area contributed by atoms with E-state index < -0.39 is 0 Å². The minimum atomic E-state index is 0. The van der Waals surface area contributed by atoms with Gasteiger partial charge in [-0.3, -0.25) is 0 Å². The van der Waals surface area contributed by atoms with E-state index in [1.54, 1.807) is 0 Å². The van der Waals surface area contributed by atoms with Crippen LogP contribution in [0.5, 0.6) is 0 Å². The normalized spacial score (nSPS) is 2.57. The summed E-state index contributed by atoms with van der Waals surface area (Å²) in [6.45, 7) is 0. The van der Waals surface area contributed by atoms with Gasteiger partial charge in [-0.2, -0.15) is 21.3 Å². The van der Waals surface area contributed by atoms with E-state index in [4.69, 9.17) is 15.3 Å². The van der Waals surface area contributed by atoms with Crippen LogP contribution in [0.25, 0.3) is 0 Å². The minimum Gasteiger partial charge on any atom is -0.857 e. The molecule has 0 amide bonds. The van der Waals surface area contributed by atoms with Crippen LogP contribution in [-0.2, 0) is 16.8 Å². The van der Waals surface area contributed by atoms with Crippen LogP contribution >= 0.6 is 0 Å². The standard InChI is InChI=1S/3CH3O.Co/c3*1-2;/h3*1H3;/q3*-1;+3. The van der Waals surface area contributed by atoms with Gasteiger partial charge in [-0.15, -0.1) is 0 Å². The van der Waals surface area contributed by atoms with Crippen molar-refractivity contribution >= 4 is 0 Å². The molecule has 0 spiro atoms. The van der Waals surface area contributed by atoms with E-state index in [2.05, 4.69) is 0 Å². The molecule has 0 rings (SSSR count). The van der Waals surface area contributed by atoms with Crippen LogP contribution in [0, 0.1) is 0 Å². The molecule has 0 aromatic heterocycles. The van der Waals surface area contributed by atoms with E-state index in [-0.39, 0.29) is 16.8 Å². The first-order chi connectivity index (χ1) is 3.00. The van der Waals surface area contributed by atoms with Gasteiger partial charge in [0.15, 0.2) is 0 Å². The van der Waals surface area contributed by atoms with Crippen LogP contribution < -0.4 is 15.3 Å². The van der Waals surface area contributed by atoms with Crippen LogP contribution in [-0.4, -0.2) is 21.3 Å². The van der Waals surface area contributed by atoms with Crippen LogP contribution in [0.4, 0.5) is 0 Å². The molecule has 0 aromatic carbocycles. The van der Waals surface area contributed by atoms with Crippen molar-refractivity contribution in [3.8, 4) is 0 Å². The molecule has 0 fully saturated rings. The maximum absolute atomic E-state index is 8.25. The largest absolute Gasteiger partial charge is 3.00 e. The Morgan fingerprint density at radius 3 is 0.571 bits per heavy atom. The van der Waals surface area contributed by atoms with Crippen molar-refractivity contribution in [2.75, 3.05) is 21.3 Å². The first-order valence-electron chi connectivity index (χ1n) is 1.22. The van der Waals surface area contributed by atoms with Gasteiger partial charge < -0.3 is 15.3 Å². The Hall–Kier alpha value is 0.386. The summed E-state index contributed by atoms with van der Waals surface area (Å²) in [6, 6.07) is 0. The van der Waals surface area contributed by atoms with E-state index in [1.165, 1.54) is 0 Å². The monoisotopic (exact) mass is 152 g/mol. The Kier molecular flexibility index (Phi) is 4660. The van der Waals surface area contributed by atoms with Crippen molar-refractivity contribution in [1.82, 2.24) is 0 Å². The van der Waals surface area contributed by atoms with Gasteiger partial charge in [0.25, 0.3) is 0 Å². The molecule has 3 nitrogen and oxygen atoms in total. The molecule has 0 unspecified atom stereocenters. The molecule has 0 bridgehead atoms. The Bertz CT molecular complexity index is 10.1. The zero-order valence-electron chi connectivity index (χ0n) is 4.56. The molecular formula is C3H9CoO3. The average Bonchev–Trinajstić information content (AvgIpc) is 1.81. The Labute approximate surface area is 54.2 Å². The summed E-state index contributed by atoms with van der Waals surface area (Å²) in [7, 11) is 2.25. The van der Waals surface area contributed by atoms with Gasteiger partial charge in [-0.05, 0) is 0 Å². The summed E-state index contributed by atoms with van der Waals surface area (Å²) in [5.74, 6) is 0. The van der Waals surface area contributed by atoms with Crippen molar-refractivity contribution in [1.29, 1.82) is 0 Å². The smallest absolute Gasteiger partial charge is 0.857 e. The average molecular weight is 152 g/mol. The second-order valence-corrected chi connectivity index (χ2v) is 0. The van der Waals surface area contributed by atoms with E-state index in [1.807, 2.05) is 0 Å². The molecule has 0 radical (unpaired) electrons. The van der Waals surface area contributed by atoms with E-state index in [0.717, 1.165) is 21.3 Å². The Balaban J connectivity index is -0.00000000900. The summed E-state index contributed by atoms with van der Waals surface area (Å²) in [5.41, 5.74) is 0. The first kappa shape index (κ1) is 26.3. The van der Waals surface area contributed by atoms with Crippen molar-refractivity contribution < 1.29 is 32.1 Å². The summed E-state index contributed by atoms with van der Waals surface area (Å²) in [4.78, 5) is 0. The molecule has 0 saturated heterocycles. The van der Waals surface area contributed by atoms with Crippen molar-refractivity contribution in [2.24, 2.45) is 0 Å². The van der Waals surface area contributed by atoms with Gasteiger partial charge in [0.05, 0.1) is 0 Å². The summed E-state index contributed by atoms with van der Waals surface area (Å²) in [5, 5.41) is 24.8. The quantitative estimate of drug-likeness (QED) is 0.369. The summed E-state index contributed by atoms with van der Waals surface area (Å²) in [6.07, 6.45) is 0. The Morgan fingerprint density at radius 2 is 0.571 bits per heavy atom. The zero-order chi connectivity index (χ0) is 6.00. The fourth-order valence-electron chi connectivity index (χ4n) is 0. The molecule has 0 aliphatic heterocycles. The van der Waals surface area contributed by atoms with Gasteiger partial charge >= 0.3 is 16.8 Å². The zero-order valence-corrected chi connectivity index (χ0v) is 5.60. The molecule has 7 heavy (non-hydrogen) atoms. The second kappa shape index (κ2) is 1240. The van der Waals surface area contributed by atoms with E-state index >= 15 is 0 Å². The van der Waals surface area contributed by atoms with E-state index in [9.17, 15) is 0 Å². The predicted octanol–water partition coefficient (Wildman–Crippen LogP) is -3.07. The topological polar surface area (TPSA) is 69.2 Å². The third-order valence-electron chi connectivity index (χ3n) is 0. The van der Waals surface area contributed by atoms with Gasteiger partial charge in [-0.1, -0.05) is 0 Å². The second-order valence-electron chi connectivity index (χ2n) is 0. The van der Waals surface area contributed by atoms with Gasteiger partial charge in [0.2, 0.25) is 0 Å². The number of hydrogen-bond acceptors (Lipinski definition) is 3. The first-order valence-corrected chi connectivity index (χ1v) is 1.22. The fourth-order valence-corrected chi connectivity index (χ4v) is 0. The van der Waals surface area contributed by atoms with Crippen molar-refractivity contribution in [2.45, 2.75) is 0 Å². The molecule has 0 saturated carbocycles. The molecular weight excluding hydrogens is 143 g/mol. The summed E-state index contributed by atoms with van der Waals surface area (Å²) < 4.78 is 0. The fraction of sp³-hybridized carbons (Fsp3) is 1.00. The molecule has 0 aromatic rings. The maximum Gasteiger partial charge on any atom is 3.00 e. The number of hydrogen-bond donors (Lipinski definition) is 0. The molecule has 0 aliphatic carbocycles. The van der Waals surface area contributed by atoms with Crippen LogP contribution in [0.2, 0.25) is 0 Å². The molecule has 0 heterocycles. The maximum atomic E-state index is 8.25. The van der Waals surface area contributed by atoms with Crippen molar-refractivity contribution in [3.63, 3.8) is 0 Å². The molecule has 0 atom stereocenters. The SMILES string of the molecule is C[O-].C[O-].C[O-].[Co+3]. The van der Waals surface area contributed by atoms with Crippen LogP contribution in [0.3, 0.4) is 0 Å². The summed E-state index contributed by atoms with van der Waals surface area (Å²) >= 11 is 0. The molecule has 0 aliphatic rings. The van der Waals surface area contributed by atoms with Crippen LogP contribution in [0.1, 0.15) is 0 Å². The van der Waals surface area contributed by atoms with Gasteiger partial charge in [0.1, 0.15) is 0 Å². The molecule has 4 heteroatoms. The van der Waals surface area contributed by atoms with Gasteiger partial charge in [-0.25, -0.2) is 0 Å². The predicted molar refractivity (Wildman–Crippen MR) is 17.8 cm³/mol. The molecule has 48 valence electrons. The third-order valence-corrected chi connectivity index (χ3v) is 0. The number of rotatable bonds is 0. The van der Waals surface area contributed by atoms with E-state index in [0.29, 0.717) is 0 Å². The van der Waals surface area contributed by atoms with Gasteiger partial charge in [0, 0.05) is 0 Å². The third kappa shape index (κ3) is 823. The Morgan fingerprint density at radius 1 is 0.571 bits per heavy atom.